The molecule has 44 heavy (non-hydrogen) atoms. The molecule has 2 aromatic rings. The maximum absolute atomic E-state index is 14.0. The highest BCUT2D eigenvalue weighted by molar-refractivity contribution is 5.94. The molecule has 1 aromatic carbocycles. The largest absolute Gasteiger partial charge is 0.419 e. The Morgan fingerprint density at radius 1 is 1.02 bits per heavy atom. The van der Waals surface area contributed by atoms with Gasteiger partial charge in [-0.25, -0.2) is 9.97 Å². The van der Waals surface area contributed by atoms with Gasteiger partial charge in [-0.05, 0) is 95.3 Å². The Hall–Kier alpha value is -3.74. The van der Waals surface area contributed by atoms with Gasteiger partial charge in [0.1, 0.15) is 6.04 Å². The molecule has 2 saturated heterocycles. The van der Waals surface area contributed by atoms with Crippen LogP contribution in [0.5, 0.6) is 0 Å². The van der Waals surface area contributed by atoms with Gasteiger partial charge in [-0.1, -0.05) is 6.42 Å². The second kappa shape index (κ2) is 13.1. The number of piperidine rings is 1. The summed E-state index contributed by atoms with van der Waals surface area (Å²) in [6, 6.07) is 6.20. The quantitative estimate of drug-likeness (QED) is 0.463. The summed E-state index contributed by atoms with van der Waals surface area (Å²) >= 11 is 0. The molecule has 3 fully saturated rings. The van der Waals surface area contributed by atoms with E-state index in [4.69, 9.17) is 5.73 Å². The van der Waals surface area contributed by atoms with Crippen LogP contribution in [-0.4, -0.2) is 88.2 Å². The molecule has 10 nitrogen and oxygen atoms in total. The number of nitrogens with one attached hydrogen (secondary N) is 1. The third kappa shape index (κ3) is 6.98. The summed E-state index contributed by atoms with van der Waals surface area (Å²) < 4.78 is 42.0. The molecule has 1 aliphatic carbocycles. The predicted octanol–water partition coefficient (Wildman–Crippen LogP) is 3.84. The van der Waals surface area contributed by atoms with E-state index in [1.165, 1.54) is 4.90 Å². The van der Waals surface area contributed by atoms with Gasteiger partial charge in [0, 0.05) is 43.0 Å². The van der Waals surface area contributed by atoms with Crippen molar-refractivity contribution in [3.63, 3.8) is 0 Å². The number of amides is 3. The number of carbonyl (C=O) groups is 3. The molecule has 1 saturated carbocycles. The lowest BCUT2D eigenvalue weighted by molar-refractivity contribution is -0.141. The van der Waals surface area contributed by atoms with Crippen molar-refractivity contribution in [1.82, 2.24) is 24.7 Å². The van der Waals surface area contributed by atoms with Crippen LogP contribution in [0.25, 0.3) is 0 Å². The maximum Gasteiger partial charge on any atom is 0.419 e. The number of anilines is 2. The van der Waals surface area contributed by atoms with Crippen LogP contribution in [0.1, 0.15) is 66.6 Å². The fourth-order valence-electron chi connectivity index (χ4n) is 6.84. The van der Waals surface area contributed by atoms with E-state index in [2.05, 4.69) is 27.2 Å². The number of primary amides is 1. The SMILES string of the molecule is CN1CCC(N(C)C(=O)c2ccc(Nc3ncc(C(F)(F)F)c(C[C@@H]4CCC[C@@H]4C(=O)N4CCC[C@@H]4C(N)=O)n3)cc2)CC1. The fraction of sp³-hybridized carbons (Fsp3) is 0.581. The van der Waals surface area contributed by atoms with Crippen LogP contribution in [-0.2, 0) is 22.2 Å². The molecule has 5 rings (SSSR count). The highest BCUT2D eigenvalue weighted by Crippen LogP contribution is 2.39. The van der Waals surface area contributed by atoms with Crippen molar-refractivity contribution in [2.45, 2.75) is 69.6 Å². The van der Waals surface area contributed by atoms with Crippen molar-refractivity contribution >= 4 is 29.4 Å². The first-order chi connectivity index (χ1) is 20.9. The Morgan fingerprint density at radius 3 is 2.39 bits per heavy atom. The zero-order valence-electron chi connectivity index (χ0n) is 25.1. The van der Waals surface area contributed by atoms with Crippen LogP contribution < -0.4 is 11.1 Å². The molecule has 13 heteroatoms. The summed E-state index contributed by atoms with van der Waals surface area (Å²) in [5.74, 6) is -1.73. The molecule has 3 N–H and O–H groups in total. The zero-order valence-corrected chi connectivity index (χ0v) is 25.1. The minimum absolute atomic E-state index is 0.00951. The van der Waals surface area contributed by atoms with E-state index in [1.807, 2.05) is 7.05 Å². The van der Waals surface area contributed by atoms with Gasteiger partial charge >= 0.3 is 6.18 Å². The smallest absolute Gasteiger partial charge is 0.368 e. The van der Waals surface area contributed by atoms with E-state index < -0.39 is 29.6 Å². The topological polar surface area (TPSA) is 125 Å². The van der Waals surface area contributed by atoms with Crippen LogP contribution in [0.2, 0.25) is 0 Å². The molecule has 3 amide bonds. The number of nitrogens with two attached hydrogens (primary N) is 1. The Kier molecular flexibility index (Phi) is 9.42. The average molecular weight is 616 g/mol. The van der Waals surface area contributed by atoms with Crippen molar-refractivity contribution in [3.8, 4) is 0 Å². The third-order valence-corrected chi connectivity index (χ3v) is 9.41. The number of halogens is 3. The van der Waals surface area contributed by atoms with Gasteiger partial charge in [-0.2, -0.15) is 13.2 Å². The second-order valence-corrected chi connectivity index (χ2v) is 12.3. The molecule has 0 bridgehead atoms. The van der Waals surface area contributed by atoms with Crippen molar-refractivity contribution in [3.05, 3.63) is 47.3 Å². The highest BCUT2D eigenvalue weighted by Gasteiger charge is 2.42. The molecular formula is C31H40F3N7O3. The molecule has 0 radical (unpaired) electrons. The molecule has 1 aromatic heterocycles. The van der Waals surface area contributed by atoms with Crippen molar-refractivity contribution < 1.29 is 27.6 Å². The van der Waals surface area contributed by atoms with Gasteiger partial charge in [0.2, 0.25) is 17.8 Å². The fourth-order valence-corrected chi connectivity index (χ4v) is 6.84. The number of rotatable bonds is 8. The summed E-state index contributed by atoms with van der Waals surface area (Å²) in [4.78, 5) is 52.0. The van der Waals surface area contributed by atoms with Gasteiger partial charge in [-0.15, -0.1) is 0 Å². The maximum atomic E-state index is 14.0. The van der Waals surface area contributed by atoms with E-state index in [-0.39, 0.29) is 41.8 Å². The summed E-state index contributed by atoms with van der Waals surface area (Å²) in [5.41, 5.74) is 5.42. The molecule has 3 atom stereocenters. The van der Waals surface area contributed by atoms with Crippen molar-refractivity contribution in [2.24, 2.45) is 17.6 Å². The lowest BCUT2D eigenvalue weighted by atomic mass is 9.89. The number of hydrogen-bond donors (Lipinski definition) is 2. The Morgan fingerprint density at radius 2 is 1.73 bits per heavy atom. The van der Waals surface area contributed by atoms with E-state index in [1.54, 1.807) is 29.2 Å². The number of hydrogen-bond acceptors (Lipinski definition) is 7. The first-order valence-electron chi connectivity index (χ1n) is 15.3. The third-order valence-electron chi connectivity index (χ3n) is 9.41. The number of nitrogens with zero attached hydrogens (tertiary/aromatic N) is 5. The normalized spacial score (nSPS) is 23.1. The first kappa shape index (κ1) is 31.7. The summed E-state index contributed by atoms with van der Waals surface area (Å²) in [5, 5.41) is 2.96. The Balaban J connectivity index is 1.29. The van der Waals surface area contributed by atoms with Gasteiger partial charge < -0.3 is 25.8 Å². The highest BCUT2D eigenvalue weighted by atomic mass is 19.4. The zero-order chi connectivity index (χ0) is 31.6. The lowest BCUT2D eigenvalue weighted by Crippen LogP contribution is -2.46. The number of likely N-dealkylation sites (tertiary alicyclic amines) is 2. The number of aromatic nitrogens is 2. The van der Waals surface area contributed by atoms with E-state index >= 15 is 0 Å². The van der Waals surface area contributed by atoms with Crippen LogP contribution >= 0.6 is 0 Å². The minimum atomic E-state index is -4.67. The minimum Gasteiger partial charge on any atom is -0.368 e. The van der Waals surface area contributed by atoms with E-state index in [0.717, 1.165) is 32.1 Å². The molecule has 0 spiro atoms. The number of carbonyl (C=O) groups excluding carboxylic acids is 3. The first-order valence-corrected chi connectivity index (χ1v) is 15.3. The second-order valence-electron chi connectivity index (χ2n) is 12.3. The summed E-state index contributed by atoms with van der Waals surface area (Å²) in [7, 11) is 3.88. The van der Waals surface area contributed by atoms with Crippen LogP contribution in [0.4, 0.5) is 24.8 Å². The molecule has 238 valence electrons. The standard InChI is InChI=1S/C31H40F3N7O3/c1-39-15-12-22(13-16-39)40(2)28(43)19-8-10-21(11-9-19)37-30-36-18-24(31(32,33)34)25(38-30)17-20-5-3-6-23(20)29(44)41-14-4-7-26(41)27(35)42/h8-11,18,20,22-23,26H,3-7,12-17H2,1-2H3,(H2,35,42)(H,36,37,38)/t20-,23-,26+/m0/s1. The van der Waals surface area contributed by atoms with Gasteiger partial charge in [0.05, 0.1) is 11.3 Å². The number of benzene rings is 1. The average Bonchev–Trinajstić information content (AvgIpc) is 3.67. The van der Waals surface area contributed by atoms with E-state index in [0.29, 0.717) is 49.9 Å². The molecule has 3 aliphatic rings. The van der Waals surface area contributed by atoms with Gasteiger partial charge in [0.15, 0.2) is 0 Å². The number of alkyl halides is 3. The Labute approximate surface area is 255 Å². The summed E-state index contributed by atoms with van der Waals surface area (Å²) in [6.07, 6.45) is 0.871. The molecular weight excluding hydrogens is 575 g/mol. The van der Waals surface area contributed by atoms with Crippen LogP contribution in [0.3, 0.4) is 0 Å². The Bertz CT molecular complexity index is 1360. The van der Waals surface area contributed by atoms with Crippen molar-refractivity contribution in [2.75, 3.05) is 39.0 Å². The summed E-state index contributed by atoms with van der Waals surface area (Å²) in [6.45, 7) is 2.29. The van der Waals surface area contributed by atoms with Gasteiger partial charge in [0.25, 0.3) is 5.91 Å². The van der Waals surface area contributed by atoms with Gasteiger partial charge in [-0.3, -0.25) is 14.4 Å². The molecule has 2 aliphatic heterocycles. The van der Waals surface area contributed by atoms with Crippen molar-refractivity contribution in [1.29, 1.82) is 0 Å². The van der Waals surface area contributed by atoms with E-state index in [9.17, 15) is 27.6 Å². The predicted molar refractivity (Wildman–Crippen MR) is 158 cm³/mol. The molecule has 0 unspecified atom stereocenters. The monoisotopic (exact) mass is 615 g/mol. The van der Waals surface area contributed by atoms with Crippen LogP contribution in [0.15, 0.2) is 30.5 Å². The lowest BCUT2D eigenvalue weighted by Gasteiger charge is -2.35. The molecule has 3 heterocycles. The van der Waals surface area contributed by atoms with Crippen LogP contribution in [0, 0.1) is 11.8 Å².